The van der Waals surface area contributed by atoms with Gasteiger partial charge in [-0.25, -0.2) is 4.98 Å². The number of carbonyl (C=O) groups is 1. The highest BCUT2D eigenvalue weighted by atomic mass is 16.3. The number of imidazole rings is 1. The largest absolute Gasteiger partial charge is 0.395 e. The molecular weight excluding hydrogens is 386 g/mol. The van der Waals surface area contributed by atoms with E-state index in [0.717, 1.165) is 66.9 Å². The van der Waals surface area contributed by atoms with Crippen molar-refractivity contribution in [3.05, 3.63) is 70.7 Å². The number of carbonyl (C=O) groups excluding carboxylic acids is 1. The molecule has 0 radical (unpaired) electrons. The lowest BCUT2D eigenvalue weighted by atomic mass is 9.87. The van der Waals surface area contributed by atoms with E-state index in [1.165, 1.54) is 11.1 Å². The van der Waals surface area contributed by atoms with E-state index in [2.05, 4.69) is 34.2 Å². The quantitative estimate of drug-likeness (QED) is 0.703. The number of aliphatic hydroxyl groups excluding tert-OH is 1. The maximum atomic E-state index is 13.0. The van der Waals surface area contributed by atoms with Crippen LogP contribution in [-0.2, 0) is 11.2 Å². The third-order valence-electron chi connectivity index (χ3n) is 6.75. The number of ketones is 1. The maximum absolute atomic E-state index is 13.0. The molecule has 2 aliphatic rings. The number of Topliss-reactive ketones (excluding diaryl/α,β-unsaturated/α-hetero) is 1. The predicted octanol–water partition coefficient (Wildman–Crippen LogP) is 3.87. The van der Waals surface area contributed by atoms with Crippen molar-refractivity contribution in [2.24, 2.45) is 0 Å². The van der Waals surface area contributed by atoms with Gasteiger partial charge in [0.05, 0.1) is 12.3 Å². The van der Waals surface area contributed by atoms with Gasteiger partial charge < -0.3 is 14.4 Å². The van der Waals surface area contributed by atoms with Gasteiger partial charge in [-0.15, -0.1) is 0 Å². The summed E-state index contributed by atoms with van der Waals surface area (Å²) in [4.78, 5) is 19.8. The maximum Gasteiger partial charge on any atom is 0.163 e. The number of aryl methyl sites for hydroxylation is 2. The summed E-state index contributed by atoms with van der Waals surface area (Å²) >= 11 is 0. The first-order chi connectivity index (χ1) is 15.1. The summed E-state index contributed by atoms with van der Waals surface area (Å²) in [6.07, 6.45) is 9.66. The average Bonchev–Trinajstić information content (AvgIpc) is 3.07. The Morgan fingerprint density at radius 1 is 1.10 bits per heavy atom. The van der Waals surface area contributed by atoms with Gasteiger partial charge >= 0.3 is 0 Å². The summed E-state index contributed by atoms with van der Waals surface area (Å²) in [6, 6.07) is 10.8. The van der Waals surface area contributed by atoms with Crippen LogP contribution >= 0.6 is 0 Å². The van der Waals surface area contributed by atoms with E-state index in [9.17, 15) is 4.79 Å². The Kier molecular flexibility index (Phi) is 5.47. The van der Waals surface area contributed by atoms with Crippen molar-refractivity contribution in [1.29, 1.82) is 0 Å². The number of rotatable bonds is 4. The van der Waals surface area contributed by atoms with Crippen molar-refractivity contribution in [1.82, 2.24) is 14.3 Å². The van der Waals surface area contributed by atoms with Crippen molar-refractivity contribution >= 4 is 23.1 Å². The molecule has 160 valence electrons. The van der Waals surface area contributed by atoms with Gasteiger partial charge in [-0.1, -0.05) is 18.2 Å². The van der Waals surface area contributed by atoms with Crippen LogP contribution in [0, 0.1) is 6.92 Å². The number of piperidine rings is 1. The lowest BCUT2D eigenvalue weighted by Gasteiger charge is -2.32. The highest BCUT2D eigenvalue weighted by Crippen LogP contribution is 2.33. The van der Waals surface area contributed by atoms with Gasteiger partial charge in [-0.3, -0.25) is 4.79 Å². The SMILES string of the molecule is Cc1cn2cc(C3=Cc4ccc(C5CCN(CCO)CC5)cc4CCC3=O)ccc2n1. The third kappa shape index (κ3) is 4.08. The zero-order chi connectivity index (χ0) is 21.4. The summed E-state index contributed by atoms with van der Waals surface area (Å²) in [5.41, 5.74) is 7.43. The molecule has 1 aliphatic carbocycles. The molecule has 31 heavy (non-hydrogen) atoms. The fraction of sp³-hybridized carbons (Fsp3) is 0.385. The molecule has 3 heterocycles. The van der Waals surface area contributed by atoms with E-state index in [1.807, 2.05) is 35.9 Å². The Morgan fingerprint density at radius 2 is 1.94 bits per heavy atom. The minimum absolute atomic E-state index is 0.200. The van der Waals surface area contributed by atoms with Crippen LogP contribution in [0.4, 0.5) is 0 Å². The van der Waals surface area contributed by atoms with Crippen LogP contribution in [-0.4, -0.2) is 51.4 Å². The van der Waals surface area contributed by atoms with E-state index in [1.54, 1.807) is 0 Å². The Balaban J connectivity index is 1.42. The number of likely N-dealkylation sites (tertiary alicyclic amines) is 1. The van der Waals surface area contributed by atoms with E-state index in [4.69, 9.17) is 5.11 Å². The number of hydrogen-bond acceptors (Lipinski definition) is 4. The molecule has 2 aromatic heterocycles. The van der Waals surface area contributed by atoms with Gasteiger partial charge in [0, 0.05) is 36.5 Å². The van der Waals surface area contributed by atoms with E-state index in [0.29, 0.717) is 12.3 Å². The van der Waals surface area contributed by atoms with Crippen LogP contribution < -0.4 is 0 Å². The van der Waals surface area contributed by atoms with Gasteiger partial charge in [-0.05, 0) is 80.1 Å². The molecule has 0 spiro atoms. The molecule has 1 saturated heterocycles. The second-order valence-electron chi connectivity index (χ2n) is 8.84. The monoisotopic (exact) mass is 415 g/mol. The number of hydrogen-bond donors (Lipinski definition) is 1. The molecular formula is C26H29N3O2. The number of allylic oxidation sites excluding steroid dienone is 1. The second-order valence-corrected chi connectivity index (χ2v) is 8.84. The molecule has 0 bridgehead atoms. The first-order valence-corrected chi connectivity index (χ1v) is 11.3. The molecule has 5 nitrogen and oxygen atoms in total. The molecule has 5 rings (SSSR count). The molecule has 1 aromatic carbocycles. The Labute approximate surface area is 183 Å². The predicted molar refractivity (Wildman–Crippen MR) is 123 cm³/mol. The van der Waals surface area contributed by atoms with Crippen LogP contribution in [0.2, 0.25) is 0 Å². The van der Waals surface area contributed by atoms with Crippen LogP contribution in [0.25, 0.3) is 17.3 Å². The number of nitrogens with zero attached hydrogens (tertiary/aromatic N) is 3. The lowest BCUT2D eigenvalue weighted by Crippen LogP contribution is -2.34. The lowest BCUT2D eigenvalue weighted by molar-refractivity contribution is -0.113. The summed E-state index contributed by atoms with van der Waals surface area (Å²) in [5.74, 6) is 0.765. The van der Waals surface area contributed by atoms with Gasteiger partial charge in [0.15, 0.2) is 5.78 Å². The average molecular weight is 416 g/mol. The molecule has 0 saturated carbocycles. The van der Waals surface area contributed by atoms with Crippen LogP contribution in [0.1, 0.15) is 53.1 Å². The number of aromatic nitrogens is 2. The minimum atomic E-state index is 0.200. The number of fused-ring (bicyclic) bond motifs is 2. The molecule has 0 atom stereocenters. The van der Waals surface area contributed by atoms with Crippen molar-refractivity contribution in [3.8, 4) is 0 Å². The van der Waals surface area contributed by atoms with Crippen LogP contribution in [0.3, 0.4) is 0 Å². The summed E-state index contributed by atoms with van der Waals surface area (Å²) in [5, 5.41) is 9.16. The van der Waals surface area contributed by atoms with Gasteiger partial charge in [0.1, 0.15) is 5.65 Å². The van der Waals surface area contributed by atoms with Gasteiger partial charge in [0.25, 0.3) is 0 Å². The third-order valence-corrected chi connectivity index (χ3v) is 6.75. The highest BCUT2D eigenvalue weighted by Gasteiger charge is 2.23. The van der Waals surface area contributed by atoms with Crippen LogP contribution in [0.15, 0.2) is 42.7 Å². The fourth-order valence-electron chi connectivity index (χ4n) is 5.01. The van der Waals surface area contributed by atoms with Crippen molar-refractivity contribution in [2.75, 3.05) is 26.2 Å². The fourth-order valence-corrected chi connectivity index (χ4v) is 5.01. The Hall–Kier alpha value is -2.76. The second kappa shape index (κ2) is 8.40. The zero-order valence-corrected chi connectivity index (χ0v) is 18.1. The first kappa shape index (κ1) is 20.2. The topological polar surface area (TPSA) is 57.8 Å². The van der Waals surface area contributed by atoms with Crippen molar-refractivity contribution in [2.45, 2.75) is 38.5 Å². The molecule has 3 aromatic rings. The molecule has 0 unspecified atom stereocenters. The molecule has 1 aliphatic heterocycles. The summed E-state index contributed by atoms with van der Waals surface area (Å²) < 4.78 is 2.00. The summed E-state index contributed by atoms with van der Waals surface area (Å²) in [6.45, 7) is 5.08. The molecule has 1 fully saturated rings. The highest BCUT2D eigenvalue weighted by molar-refractivity contribution is 6.25. The van der Waals surface area contributed by atoms with Crippen LogP contribution in [0.5, 0.6) is 0 Å². The van der Waals surface area contributed by atoms with E-state index < -0.39 is 0 Å². The van der Waals surface area contributed by atoms with Gasteiger partial charge in [0.2, 0.25) is 0 Å². The smallest absolute Gasteiger partial charge is 0.163 e. The first-order valence-electron chi connectivity index (χ1n) is 11.3. The number of pyridine rings is 1. The number of benzene rings is 1. The van der Waals surface area contributed by atoms with Gasteiger partial charge in [-0.2, -0.15) is 0 Å². The normalized spacial score (nSPS) is 18.1. The standard InChI is InChI=1S/C26H29N3O2/c1-18-16-29-17-23(5-7-26(29)27-18)24-15-22-3-2-20(14-21(22)4-6-25(24)31)19-8-10-28(11-9-19)12-13-30/h2-3,5,7,14-17,19,30H,4,6,8-13H2,1H3. The Morgan fingerprint density at radius 3 is 2.74 bits per heavy atom. The molecule has 1 N–H and O–H groups in total. The van der Waals surface area contributed by atoms with E-state index in [-0.39, 0.29) is 12.4 Å². The minimum Gasteiger partial charge on any atom is -0.395 e. The number of β-amino-alcohol motifs (C(OH)–C–C–N with tert-alkyl or cyclic N) is 1. The van der Waals surface area contributed by atoms with Crippen molar-refractivity contribution < 1.29 is 9.90 Å². The summed E-state index contributed by atoms with van der Waals surface area (Å²) in [7, 11) is 0. The Bertz CT molecular complexity index is 1150. The molecule has 0 amide bonds. The van der Waals surface area contributed by atoms with E-state index >= 15 is 0 Å². The van der Waals surface area contributed by atoms with Crippen molar-refractivity contribution in [3.63, 3.8) is 0 Å². The number of aliphatic hydroxyl groups is 1. The molecule has 5 heteroatoms. The zero-order valence-electron chi connectivity index (χ0n) is 18.1.